The van der Waals surface area contributed by atoms with Crippen LogP contribution in [0.4, 0.5) is 9.80 Å². The van der Waals surface area contributed by atoms with Gasteiger partial charge in [0.1, 0.15) is 0 Å². The van der Waals surface area contributed by atoms with Gasteiger partial charge in [-0.25, -0.2) is 4.79 Å². The van der Waals surface area contributed by atoms with Crippen molar-refractivity contribution in [1.82, 2.24) is 4.57 Å². The van der Waals surface area contributed by atoms with E-state index in [9.17, 15) is 14.9 Å². The number of carbonyl (C=O) groups excluding carboxylic acids is 1. The maximum Gasteiger partial charge on any atom is 0.343 e. The topological polar surface area (TPSA) is 104 Å². The molecule has 0 aromatic carbocycles. The zero-order valence-corrected chi connectivity index (χ0v) is 8.15. The van der Waals surface area contributed by atoms with E-state index >= 15 is 0 Å². The lowest BCUT2D eigenvalue weighted by Crippen LogP contribution is -2.17. The molecule has 0 radical (unpaired) electrons. The van der Waals surface area contributed by atoms with Crippen molar-refractivity contribution in [2.75, 3.05) is 0 Å². The average molecular weight is 216 g/mol. The first-order chi connectivity index (χ1) is 6.54. The summed E-state index contributed by atoms with van der Waals surface area (Å²) in [5, 5.41) is 10.3. The molecule has 2 amide bonds. The zero-order chi connectivity index (χ0) is 10.7. The Balaban J connectivity index is 3.29. The third-order valence-electron chi connectivity index (χ3n) is 1.43. The predicted molar refractivity (Wildman–Crippen MR) is 49.8 cm³/mol. The van der Waals surface area contributed by atoms with E-state index in [1.54, 1.807) is 6.92 Å². The highest BCUT2D eigenvalue weighted by Gasteiger charge is 2.11. The SMILES string of the molecule is CCn1cc([N+](=O)[O-])s/c1=N\C(N)=O. The normalized spacial score (nSPS) is 11.6. The van der Waals surface area contributed by atoms with Crippen LogP contribution in [0.1, 0.15) is 6.92 Å². The summed E-state index contributed by atoms with van der Waals surface area (Å²) >= 11 is 0.817. The Bertz CT molecular complexity index is 433. The van der Waals surface area contributed by atoms with Gasteiger partial charge < -0.3 is 10.3 Å². The average Bonchev–Trinajstić information content (AvgIpc) is 2.46. The van der Waals surface area contributed by atoms with Crippen LogP contribution in [0.2, 0.25) is 0 Å². The summed E-state index contributed by atoms with van der Waals surface area (Å²) in [4.78, 5) is 24.1. The molecule has 7 nitrogen and oxygen atoms in total. The van der Waals surface area contributed by atoms with Gasteiger partial charge >= 0.3 is 11.0 Å². The first kappa shape index (κ1) is 10.4. The molecule has 0 aliphatic heterocycles. The number of thiazole rings is 1. The number of nitro groups is 1. The number of hydrogen-bond acceptors (Lipinski definition) is 4. The number of hydrogen-bond donors (Lipinski definition) is 1. The van der Waals surface area contributed by atoms with Gasteiger partial charge in [-0.2, -0.15) is 4.99 Å². The maximum absolute atomic E-state index is 10.5. The molecule has 0 spiro atoms. The summed E-state index contributed by atoms with van der Waals surface area (Å²) in [5.41, 5.74) is 4.85. The van der Waals surface area contributed by atoms with Crippen LogP contribution in [0.5, 0.6) is 0 Å². The van der Waals surface area contributed by atoms with Gasteiger partial charge in [-0.3, -0.25) is 10.1 Å². The second-order valence-corrected chi connectivity index (χ2v) is 3.33. The highest BCUT2D eigenvalue weighted by atomic mass is 32.1. The summed E-state index contributed by atoms with van der Waals surface area (Å²) in [5.74, 6) is 0. The van der Waals surface area contributed by atoms with Crippen molar-refractivity contribution in [2.24, 2.45) is 10.7 Å². The Hall–Kier alpha value is -1.70. The van der Waals surface area contributed by atoms with Crippen molar-refractivity contribution in [3.05, 3.63) is 21.1 Å². The molecule has 1 rings (SSSR count). The molecular formula is C6H8N4O3S. The smallest absolute Gasteiger partial charge is 0.343 e. The number of amides is 2. The lowest BCUT2D eigenvalue weighted by atomic mass is 10.7. The fourth-order valence-corrected chi connectivity index (χ4v) is 1.74. The molecule has 0 bridgehead atoms. The van der Waals surface area contributed by atoms with E-state index in [1.807, 2.05) is 0 Å². The van der Waals surface area contributed by atoms with Gasteiger partial charge in [0.25, 0.3) is 0 Å². The minimum absolute atomic E-state index is 0.0631. The van der Waals surface area contributed by atoms with Crippen LogP contribution in [0, 0.1) is 10.1 Å². The van der Waals surface area contributed by atoms with Gasteiger partial charge in [0.05, 0.1) is 11.1 Å². The van der Waals surface area contributed by atoms with Gasteiger partial charge in [0.15, 0.2) is 0 Å². The third kappa shape index (κ3) is 2.16. The number of urea groups is 1. The second-order valence-electron chi connectivity index (χ2n) is 2.35. The fourth-order valence-electron chi connectivity index (χ4n) is 0.859. The van der Waals surface area contributed by atoms with Crippen molar-refractivity contribution in [2.45, 2.75) is 13.5 Å². The van der Waals surface area contributed by atoms with Crippen molar-refractivity contribution >= 4 is 22.4 Å². The van der Waals surface area contributed by atoms with Crippen LogP contribution < -0.4 is 10.5 Å². The van der Waals surface area contributed by atoms with E-state index in [-0.39, 0.29) is 9.80 Å². The van der Waals surface area contributed by atoms with E-state index in [0.717, 1.165) is 11.3 Å². The number of primary amides is 1. The lowest BCUT2D eigenvalue weighted by molar-refractivity contribution is -0.380. The van der Waals surface area contributed by atoms with Gasteiger partial charge in [-0.1, -0.05) is 0 Å². The Morgan fingerprint density at radius 1 is 1.86 bits per heavy atom. The quantitative estimate of drug-likeness (QED) is 0.573. The molecule has 0 fully saturated rings. The Kier molecular flexibility index (Phi) is 2.97. The number of aromatic nitrogens is 1. The fraction of sp³-hybridized carbons (Fsp3) is 0.333. The number of carbonyl (C=O) groups is 1. The van der Waals surface area contributed by atoms with E-state index in [0.29, 0.717) is 6.54 Å². The summed E-state index contributed by atoms with van der Waals surface area (Å²) in [6.45, 7) is 2.28. The predicted octanol–water partition coefficient (Wildman–Crippen LogP) is 0.457. The summed E-state index contributed by atoms with van der Waals surface area (Å²) in [6.07, 6.45) is 1.33. The van der Waals surface area contributed by atoms with Crippen LogP contribution in [0.15, 0.2) is 11.2 Å². The van der Waals surface area contributed by atoms with Gasteiger partial charge in [-0.15, -0.1) is 0 Å². The molecule has 1 aromatic rings. The highest BCUT2D eigenvalue weighted by molar-refractivity contribution is 7.12. The van der Waals surface area contributed by atoms with Crippen LogP contribution in [-0.2, 0) is 6.54 Å². The number of nitrogens with zero attached hydrogens (tertiary/aromatic N) is 3. The first-order valence-electron chi connectivity index (χ1n) is 3.73. The Morgan fingerprint density at radius 2 is 2.50 bits per heavy atom. The molecule has 14 heavy (non-hydrogen) atoms. The van der Waals surface area contributed by atoms with E-state index in [4.69, 9.17) is 5.73 Å². The largest absolute Gasteiger partial charge is 0.350 e. The molecule has 8 heteroatoms. The summed E-state index contributed by atoms with van der Waals surface area (Å²) < 4.78 is 1.49. The van der Waals surface area contributed by atoms with Crippen molar-refractivity contribution < 1.29 is 9.72 Å². The molecule has 0 saturated heterocycles. The van der Waals surface area contributed by atoms with Crippen LogP contribution in [0.3, 0.4) is 0 Å². The summed E-state index contributed by atoms with van der Waals surface area (Å²) in [6, 6.07) is -0.857. The second kappa shape index (κ2) is 4.01. The molecule has 0 atom stereocenters. The van der Waals surface area contributed by atoms with Crippen LogP contribution >= 0.6 is 11.3 Å². The van der Waals surface area contributed by atoms with Crippen LogP contribution in [-0.4, -0.2) is 15.5 Å². The zero-order valence-electron chi connectivity index (χ0n) is 7.34. The maximum atomic E-state index is 10.5. The number of aryl methyl sites for hydroxylation is 1. The molecule has 2 N–H and O–H groups in total. The third-order valence-corrected chi connectivity index (χ3v) is 2.41. The van der Waals surface area contributed by atoms with Crippen molar-refractivity contribution in [1.29, 1.82) is 0 Å². The van der Waals surface area contributed by atoms with Crippen molar-refractivity contribution in [3.8, 4) is 0 Å². The molecule has 0 aliphatic rings. The summed E-state index contributed by atoms with van der Waals surface area (Å²) in [7, 11) is 0. The van der Waals surface area contributed by atoms with E-state index < -0.39 is 11.0 Å². The minimum Gasteiger partial charge on any atom is -0.350 e. The number of rotatable bonds is 2. The molecule has 76 valence electrons. The molecule has 1 heterocycles. The van der Waals surface area contributed by atoms with Crippen LogP contribution in [0.25, 0.3) is 0 Å². The molecular weight excluding hydrogens is 208 g/mol. The molecule has 0 unspecified atom stereocenters. The Morgan fingerprint density at radius 3 is 2.93 bits per heavy atom. The van der Waals surface area contributed by atoms with E-state index in [2.05, 4.69) is 4.99 Å². The minimum atomic E-state index is -0.857. The highest BCUT2D eigenvalue weighted by Crippen LogP contribution is 2.13. The lowest BCUT2D eigenvalue weighted by Gasteiger charge is -1.91. The van der Waals surface area contributed by atoms with E-state index in [1.165, 1.54) is 10.8 Å². The monoisotopic (exact) mass is 216 g/mol. The van der Waals surface area contributed by atoms with Gasteiger partial charge in [-0.05, 0) is 18.3 Å². The standard InChI is InChI=1S/C6H8N4O3S/c1-2-9-3-4(10(12)13)14-6(9)8-5(7)11/h3H,2H2,1H3,(H2,7,11)/b8-6-. The molecule has 0 saturated carbocycles. The molecule has 0 aliphatic carbocycles. The molecule has 1 aromatic heterocycles. The van der Waals surface area contributed by atoms with Crippen molar-refractivity contribution in [3.63, 3.8) is 0 Å². The van der Waals surface area contributed by atoms with Gasteiger partial charge in [0, 0.05) is 6.54 Å². The first-order valence-corrected chi connectivity index (χ1v) is 4.55. The number of nitrogens with two attached hydrogens (primary N) is 1. The Labute approximate surface area is 82.6 Å². The van der Waals surface area contributed by atoms with Gasteiger partial charge in [0.2, 0.25) is 4.80 Å².